The van der Waals surface area contributed by atoms with E-state index in [1.54, 1.807) is 12.4 Å². The molecule has 2 aromatic heterocycles. The van der Waals surface area contributed by atoms with E-state index in [-0.39, 0.29) is 30.3 Å². The first kappa shape index (κ1) is 17.4. The number of rotatable bonds is 5. The normalized spacial score (nSPS) is 15.5. The summed E-state index contributed by atoms with van der Waals surface area (Å²) in [7, 11) is 0. The van der Waals surface area contributed by atoms with Crippen LogP contribution in [0.25, 0.3) is 11.0 Å². The average Bonchev–Trinajstić information content (AvgIpc) is 3.04. The third-order valence-corrected chi connectivity index (χ3v) is 4.61. The van der Waals surface area contributed by atoms with E-state index in [9.17, 15) is 9.59 Å². The minimum atomic E-state index is -0.249. The van der Waals surface area contributed by atoms with Gasteiger partial charge in [0.25, 0.3) is 0 Å². The molecule has 0 bridgehead atoms. The summed E-state index contributed by atoms with van der Waals surface area (Å²) in [5.74, 6) is -0.204. The third kappa shape index (κ3) is 4.15. The lowest BCUT2D eigenvalue weighted by molar-refractivity contribution is -0.128. The Morgan fingerprint density at radius 1 is 1.24 bits per heavy atom. The van der Waals surface area contributed by atoms with Gasteiger partial charge in [-0.15, -0.1) is 0 Å². The average molecular weight is 343 g/mol. The van der Waals surface area contributed by atoms with E-state index in [1.165, 1.54) is 6.42 Å². The Morgan fingerprint density at radius 3 is 2.72 bits per heavy atom. The zero-order valence-corrected chi connectivity index (χ0v) is 14.8. The molecule has 2 aromatic rings. The number of fused-ring (bicyclic) bond motifs is 1. The summed E-state index contributed by atoms with van der Waals surface area (Å²) in [6, 6.07) is 2.06. The summed E-state index contributed by atoms with van der Waals surface area (Å²) in [5.41, 5.74) is 1.39. The van der Waals surface area contributed by atoms with Crippen LogP contribution >= 0.6 is 0 Å². The first-order chi connectivity index (χ1) is 12.0. The van der Waals surface area contributed by atoms with E-state index in [0.29, 0.717) is 5.69 Å². The molecular formula is C18H25N5O2. The predicted octanol–water partition coefficient (Wildman–Crippen LogP) is 2.65. The van der Waals surface area contributed by atoms with Gasteiger partial charge in [-0.25, -0.2) is 9.67 Å². The second kappa shape index (κ2) is 7.63. The van der Waals surface area contributed by atoms with Crippen molar-refractivity contribution in [2.24, 2.45) is 5.92 Å². The molecule has 0 aliphatic heterocycles. The fourth-order valence-electron chi connectivity index (χ4n) is 3.27. The van der Waals surface area contributed by atoms with E-state index < -0.39 is 0 Å². The minimum Gasteiger partial charge on any atom is -0.347 e. The van der Waals surface area contributed by atoms with Crippen molar-refractivity contribution in [1.82, 2.24) is 20.1 Å². The maximum Gasteiger partial charge on any atom is 0.243 e. The molecular weight excluding hydrogens is 318 g/mol. The number of hydrogen-bond acceptors (Lipinski definition) is 4. The first-order valence-electron chi connectivity index (χ1n) is 8.95. The lowest BCUT2D eigenvalue weighted by atomic mass is 9.89. The molecule has 0 aromatic carbocycles. The SMILES string of the molecule is CC(C)n1ncc2cc(NC(=O)CNC(=O)C3CCCCC3)cnc21. The van der Waals surface area contributed by atoms with Crippen LogP contribution in [0.3, 0.4) is 0 Å². The Balaban J connectivity index is 1.55. The predicted molar refractivity (Wildman–Crippen MR) is 96.1 cm³/mol. The highest BCUT2D eigenvalue weighted by Crippen LogP contribution is 2.23. The lowest BCUT2D eigenvalue weighted by Crippen LogP contribution is -2.37. The molecule has 0 atom stereocenters. The third-order valence-electron chi connectivity index (χ3n) is 4.61. The molecule has 0 spiro atoms. The number of hydrogen-bond donors (Lipinski definition) is 2. The molecule has 2 amide bonds. The summed E-state index contributed by atoms with van der Waals surface area (Å²) < 4.78 is 1.84. The number of nitrogens with one attached hydrogen (secondary N) is 2. The van der Waals surface area contributed by atoms with Gasteiger partial charge in [-0.05, 0) is 32.8 Å². The van der Waals surface area contributed by atoms with Crippen molar-refractivity contribution in [2.75, 3.05) is 11.9 Å². The molecule has 7 heteroatoms. The second-order valence-electron chi connectivity index (χ2n) is 6.92. The number of aromatic nitrogens is 3. The molecule has 1 saturated carbocycles. The smallest absolute Gasteiger partial charge is 0.243 e. The quantitative estimate of drug-likeness (QED) is 0.873. The maximum absolute atomic E-state index is 12.1. The summed E-state index contributed by atoms with van der Waals surface area (Å²) in [5, 5.41) is 10.7. The van der Waals surface area contributed by atoms with Crippen LogP contribution in [-0.4, -0.2) is 33.1 Å². The number of pyridine rings is 1. The first-order valence-corrected chi connectivity index (χ1v) is 8.95. The van der Waals surface area contributed by atoms with E-state index >= 15 is 0 Å². The Labute approximate surface area is 147 Å². The van der Waals surface area contributed by atoms with E-state index in [2.05, 4.69) is 20.7 Å². The van der Waals surface area contributed by atoms with Crippen molar-refractivity contribution in [2.45, 2.75) is 52.0 Å². The molecule has 1 fully saturated rings. The van der Waals surface area contributed by atoms with Gasteiger partial charge in [-0.1, -0.05) is 19.3 Å². The van der Waals surface area contributed by atoms with Gasteiger partial charge in [0.2, 0.25) is 11.8 Å². The van der Waals surface area contributed by atoms with Crippen LogP contribution in [0.1, 0.15) is 52.0 Å². The Morgan fingerprint density at radius 2 is 2.00 bits per heavy atom. The zero-order chi connectivity index (χ0) is 17.8. The van der Waals surface area contributed by atoms with Gasteiger partial charge in [-0.3, -0.25) is 9.59 Å². The van der Waals surface area contributed by atoms with Crippen molar-refractivity contribution in [1.29, 1.82) is 0 Å². The zero-order valence-electron chi connectivity index (χ0n) is 14.8. The van der Waals surface area contributed by atoms with Gasteiger partial charge >= 0.3 is 0 Å². The monoisotopic (exact) mass is 343 g/mol. The molecule has 134 valence electrons. The molecule has 2 heterocycles. The number of carbonyl (C=O) groups is 2. The van der Waals surface area contributed by atoms with Gasteiger partial charge < -0.3 is 10.6 Å². The van der Waals surface area contributed by atoms with Crippen LogP contribution in [-0.2, 0) is 9.59 Å². The molecule has 0 saturated heterocycles. The Kier molecular flexibility index (Phi) is 5.31. The molecule has 0 unspecified atom stereocenters. The number of carbonyl (C=O) groups excluding carboxylic acids is 2. The molecule has 1 aliphatic rings. The molecule has 25 heavy (non-hydrogen) atoms. The van der Waals surface area contributed by atoms with Crippen LogP contribution in [0.5, 0.6) is 0 Å². The van der Waals surface area contributed by atoms with Crippen molar-refractivity contribution in [3.05, 3.63) is 18.5 Å². The topological polar surface area (TPSA) is 88.9 Å². The maximum atomic E-state index is 12.1. The van der Waals surface area contributed by atoms with Crippen molar-refractivity contribution in [3.63, 3.8) is 0 Å². The van der Waals surface area contributed by atoms with Crippen LogP contribution in [0.4, 0.5) is 5.69 Å². The van der Waals surface area contributed by atoms with Gasteiger partial charge in [0.15, 0.2) is 5.65 Å². The van der Waals surface area contributed by atoms with Gasteiger partial charge in [0.05, 0.1) is 24.6 Å². The summed E-state index contributed by atoms with van der Waals surface area (Å²) in [6.45, 7) is 4.07. The highest BCUT2D eigenvalue weighted by atomic mass is 16.2. The van der Waals surface area contributed by atoms with Gasteiger partial charge in [-0.2, -0.15) is 5.10 Å². The van der Waals surface area contributed by atoms with Crippen LogP contribution in [0, 0.1) is 5.92 Å². The van der Waals surface area contributed by atoms with Crippen molar-refractivity contribution >= 4 is 28.5 Å². The summed E-state index contributed by atoms with van der Waals surface area (Å²) in [4.78, 5) is 28.5. The fourth-order valence-corrected chi connectivity index (χ4v) is 3.27. The van der Waals surface area contributed by atoms with Gasteiger partial charge in [0.1, 0.15) is 0 Å². The number of nitrogens with zero attached hydrogens (tertiary/aromatic N) is 3. The molecule has 3 rings (SSSR count). The van der Waals surface area contributed by atoms with Crippen LogP contribution < -0.4 is 10.6 Å². The van der Waals surface area contributed by atoms with E-state index in [1.807, 2.05) is 24.6 Å². The second-order valence-corrected chi connectivity index (χ2v) is 6.92. The molecule has 2 N–H and O–H groups in total. The van der Waals surface area contributed by atoms with E-state index in [0.717, 1.165) is 36.7 Å². The minimum absolute atomic E-state index is 0.0124. The highest BCUT2D eigenvalue weighted by molar-refractivity contribution is 5.96. The fraction of sp³-hybridized carbons (Fsp3) is 0.556. The Bertz CT molecular complexity index is 762. The van der Waals surface area contributed by atoms with Crippen molar-refractivity contribution in [3.8, 4) is 0 Å². The van der Waals surface area contributed by atoms with Crippen LogP contribution in [0.15, 0.2) is 18.5 Å². The van der Waals surface area contributed by atoms with Crippen LogP contribution in [0.2, 0.25) is 0 Å². The summed E-state index contributed by atoms with van der Waals surface area (Å²) in [6.07, 6.45) is 8.60. The van der Waals surface area contributed by atoms with E-state index in [4.69, 9.17) is 0 Å². The number of anilines is 1. The molecule has 1 aliphatic carbocycles. The molecule has 7 nitrogen and oxygen atoms in total. The van der Waals surface area contributed by atoms with Gasteiger partial charge in [0, 0.05) is 17.3 Å². The largest absolute Gasteiger partial charge is 0.347 e. The molecule has 0 radical (unpaired) electrons. The number of amides is 2. The highest BCUT2D eigenvalue weighted by Gasteiger charge is 2.21. The standard InChI is InChI=1S/C18H25N5O2/c1-12(2)23-17-14(9-21-23)8-15(10-19-17)22-16(24)11-20-18(25)13-6-4-3-5-7-13/h8-10,12-13H,3-7,11H2,1-2H3,(H,20,25)(H,22,24). The van der Waals surface area contributed by atoms with Crippen molar-refractivity contribution < 1.29 is 9.59 Å². The Hall–Kier alpha value is -2.44. The lowest BCUT2D eigenvalue weighted by Gasteiger charge is -2.20. The summed E-state index contributed by atoms with van der Waals surface area (Å²) >= 11 is 0.